The van der Waals surface area contributed by atoms with E-state index >= 15 is 0 Å². The van der Waals surface area contributed by atoms with Crippen molar-refractivity contribution in [3.8, 4) is 0 Å². The van der Waals surface area contributed by atoms with E-state index in [0.717, 1.165) is 25.4 Å². The Labute approximate surface area is 113 Å². The van der Waals surface area contributed by atoms with Gasteiger partial charge in [0.15, 0.2) is 0 Å². The summed E-state index contributed by atoms with van der Waals surface area (Å²) in [4.78, 5) is 0. The van der Waals surface area contributed by atoms with Crippen molar-refractivity contribution in [2.75, 3.05) is 6.61 Å². The van der Waals surface area contributed by atoms with E-state index < -0.39 is 0 Å². The number of hydrogen-bond acceptors (Lipinski definition) is 2. The van der Waals surface area contributed by atoms with Crippen LogP contribution in [-0.4, -0.2) is 18.2 Å². The fourth-order valence-electron chi connectivity index (χ4n) is 3.57. The molecule has 0 aliphatic heterocycles. The molecule has 0 unspecified atom stereocenters. The predicted octanol–water partition coefficient (Wildman–Crippen LogP) is 4.02. The summed E-state index contributed by atoms with van der Waals surface area (Å²) in [6, 6.07) is 0. The fourth-order valence-corrected chi connectivity index (χ4v) is 3.57. The lowest BCUT2D eigenvalue weighted by molar-refractivity contribution is -0.0114. The molecule has 0 aromatic carbocycles. The van der Waals surface area contributed by atoms with Gasteiger partial charge in [-0.05, 0) is 44.4 Å². The van der Waals surface area contributed by atoms with E-state index in [1.54, 1.807) is 0 Å². The van der Waals surface area contributed by atoms with Gasteiger partial charge in [-0.1, -0.05) is 39.0 Å². The average molecular weight is 253 g/mol. The summed E-state index contributed by atoms with van der Waals surface area (Å²) in [5.41, 5.74) is 6.49. The Bertz CT molecular complexity index is 225. The predicted molar refractivity (Wildman–Crippen MR) is 76.6 cm³/mol. The van der Waals surface area contributed by atoms with E-state index in [1.165, 1.54) is 57.8 Å². The monoisotopic (exact) mass is 253 g/mol. The molecule has 2 rings (SSSR count). The van der Waals surface area contributed by atoms with Crippen LogP contribution in [0.1, 0.15) is 77.6 Å². The summed E-state index contributed by atoms with van der Waals surface area (Å²) in [7, 11) is 0. The summed E-state index contributed by atoms with van der Waals surface area (Å²) in [6.07, 6.45) is 14.7. The van der Waals surface area contributed by atoms with Crippen molar-refractivity contribution in [1.29, 1.82) is 0 Å². The molecule has 2 heteroatoms. The second-order valence-electron chi connectivity index (χ2n) is 6.64. The molecular formula is C16H31NO. The Hall–Kier alpha value is -0.0800. The van der Waals surface area contributed by atoms with E-state index in [9.17, 15) is 0 Å². The minimum absolute atomic E-state index is 0.0158. The molecule has 2 N–H and O–H groups in total. The van der Waals surface area contributed by atoms with Crippen LogP contribution >= 0.6 is 0 Å². The van der Waals surface area contributed by atoms with Crippen molar-refractivity contribution < 1.29 is 4.74 Å². The lowest BCUT2D eigenvalue weighted by atomic mass is 9.85. The van der Waals surface area contributed by atoms with Gasteiger partial charge < -0.3 is 10.5 Å². The zero-order valence-corrected chi connectivity index (χ0v) is 12.1. The molecule has 0 saturated heterocycles. The summed E-state index contributed by atoms with van der Waals surface area (Å²) >= 11 is 0. The van der Waals surface area contributed by atoms with Crippen LogP contribution in [0.15, 0.2) is 0 Å². The maximum Gasteiger partial charge on any atom is 0.0649 e. The zero-order valence-electron chi connectivity index (χ0n) is 12.1. The van der Waals surface area contributed by atoms with Crippen LogP contribution < -0.4 is 5.73 Å². The van der Waals surface area contributed by atoms with Gasteiger partial charge in [0.1, 0.15) is 0 Å². The Morgan fingerprint density at radius 2 is 1.61 bits per heavy atom. The lowest BCUT2D eigenvalue weighted by Gasteiger charge is -2.33. The molecule has 0 bridgehead atoms. The van der Waals surface area contributed by atoms with Crippen molar-refractivity contribution >= 4 is 0 Å². The molecule has 0 atom stereocenters. The van der Waals surface area contributed by atoms with Crippen LogP contribution in [0.3, 0.4) is 0 Å². The maximum absolute atomic E-state index is 6.50. The molecule has 0 radical (unpaired) electrons. The number of ether oxygens (including phenoxy) is 1. The molecule has 2 saturated carbocycles. The average Bonchev–Trinajstić information content (AvgIpc) is 2.62. The highest BCUT2D eigenvalue weighted by molar-refractivity contribution is 4.86. The highest BCUT2D eigenvalue weighted by Gasteiger charge is 2.29. The first kappa shape index (κ1) is 14.3. The first-order chi connectivity index (χ1) is 8.72. The van der Waals surface area contributed by atoms with Gasteiger partial charge in [0.05, 0.1) is 12.7 Å². The molecule has 2 aliphatic rings. The van der Waals surface area contributed by atoms with Gasteiger partial charge in [0.25, 0.3) is 0 Å². The van der Waals surface area contributed by atoms with E-state index in [0.29, 0.717) is 6.10 Å². The third-order valence-corrected chi connectivity index (χ3v) is 5.08. The van der Waals surface area contributed by atoms with Crippen LogP contribution in [0.25, 0.3) is 0 Å². The molecule has 18 heavy (non-hydrogen) atoms. The van der Waals surface area contributed by atoms with Crippen LogP contribution in [0.4, 0.5) is 0 Å². The molecule has 0 spiro atoms. The van der Waals surface area contributed by atoms with Crippen LogP contribution in [-0.2, 0) is 4.74 Å². The van der Waals surface area contributed by atoms with E-state index in [4.69, 9.17) is 10.5 Å². The van der Waals surface area contributed by atoms with Gasteiger partial charge in [0, 0.05) is 5.54 Å². The van der Waals surface area contributed by atoms with Crippen molar-refractivity contribution in [2.24, 2.45) is 11.7 Å². The summed E-state index contributed by atoms with van der Waals surface area (Å²) in [6.45, 7) is 3.11. The molecule has 0 amide bonds. The van der Waals surface area contributed by atoms with E-state index in [1.807, 2.05) is 0 Å². The molecule has 2 nitrogen and oxygen atoms in total. The Kier molecular flexibility index (Phi) is 5.50. The second kappa shape index (κ2) is 6.91. The van der Waals surface area contributed by atoms with Gasteiger partial charge >= 0.3 is 0 Å². The first-order valence-corrected chi connectivity index (χ1v) is 8.12. The van der Waals surface area contributed by atoms with Gasteiger partial charge in [-0.3, -0.25) is 0 Å². The molecule has 0 heterocycles. The van der Waals surface area contributed by atoms with Crippen molar-refractivity contribution in [3.05, 3.63) is 0 Å². The Balaban J connectivity index is 1.70. The number of nitrogens with two attached hydrogens (primary N) is 1. The fraction of sp³-hybridized carbons (Fsp3) is 1.00. The molecule has 0 aromatic heterocycles. The number of rotatable bonds is 4. The first-order valence-electron chi connectivity index (χ1n) is 8.12. The third-order valence-electron chi connectivity index (χ3n) is 5.08. The van der Waals surface area contributed by atoms with Gasteiger partial charge in [-0.2, -0.15) is 0 Å². The van der Waals surface area contributed by atoms with Gasteiger partial charge in [-0.15, -0.1) is 0 Å². The van der Waals surface area contributed by atoms with E-state index in [2.05, 4.69) is 6.92 Å². The van der Waals surface area contributed by atoms with Crippen LogP contribution in [0.2, 0.25) is 0 Å². The Morgan fingerprint density at radius 1 is 1.00 bits per heavy atom. The van der Waals surface area contributed by atoms with Crippen molar-refractivity contribution in [2.45, 2.75) is 89.2 Å². The largest absolute Gasteiger partial charge is 0.376 e. The normalized spacial score (nSPS) is 33.0. The molecule has 2 fully saturated rings. The SMILES string of the molecule is CCC1CCC(OCC2(N)CCCCCC2)CC1. The zero-order chi connectivity index (χ0) is 12.8. The number of hydrogen-bond donors (Lipinski definition) is 1. The smallest absolute Gasteiger partial charge is 0.0649 e. The third kappa shape index (κ3) is 4.24. The lowest BCUT2D eigenvalue weighted by Crippen LogP contribution is -2.45. The quantitative estimate of drug-likeness (QED) is 0.768. The standard InChI is InChI=1S/C16H31NO/c1-2-14-7-9-15(10-8-14)18-13-16(17)11-5-3-4-6-12-16/h14-15H,2-13,17H2,1H3. The Morgan fingerprint density at radius 3 is 2.17 bits per heavy atom. The molecular weight excluding hydrogens is 222 g/mol. The van der Waals surface area contributed by atoms with Crippen molar-refractivity contribution in [3.63, 3.8) is 0 Å². The highest BCUT2D eigenvalue weighted by atomic mass is 16.5. The van der Waals surface area contributed by atoms with Gasteiger partial charge in [-0.25, -0.2) is 0 Å². The summed E-state index contributed by atoms with van der Waals surface area (Å²) in [5.74, 6) is 0.953. The molecule has 2 aliphatic carbocycles. The molecule has 106 valence electrons. The minimum Gasteiger partial charge on any atom is -0.376 e. The highest BCUT2D eigenvalue weighted by Crippen LogP contribution is 2.30. The van der Waals surface area contributed by atoms with Crippen LogP contribution in [0, 0.1) is 5.92 Å². The summed E-state index contributed by atoms with van der Waals surface area (Å²) in [5, 5.41) is 0. The van der Waals surface area contributed by atoms with Crippen LogP contribution in [0.5, 0.6) is 0 Å². The van der Waals surface area contributed by atoms with Gasteiger partial charge in [0.2, 0.25) is 0 Å². The van der Waals surface area contributed by atoms with Crippen molar-refractivity contribution in [1.82, 2.24) is 0 Å². The maximum atomic E-state index is 6.50. The van der Waals surface area contributed by atoms with E-state index in [-0.39, 0.29) is 5.54 Å². The summed E-state index contributed by atoms with van der Waals surface area (Å²) < 4.78 is 6.15. The topological polar surface area (TPSA) is 35.2 Å². The molecule has 0 aromatic rings. The minimum atomic E-state index is -0.0158. The second-order valence-corrected chi connectivity index (χ2v) is 6.64.